The lowest BCUT2D eigenvalue weighted by atomic mass is 10.0. The van der Waals surface area contributed by atoms with Crippen LogP contribution in [0.4, 0.5) is 5.69 Å². The van der Waals surface area contributed by atoms with Crippen LogP contribution in [0.15, 0.2) is 23.6 Å². The molecule has 1 unspecified atom stereocenters. The zero-order valence-electron chi connectivity index (χ0n) is 11.3. The van der Waals surface area contributed by atoms with Crippen LogP contribution in [-0.2, 0) is 11.2 Å². The first-order valence-electron chi connectivity index (χ1n) is 6.37. The van der Waals surface area contributed by atoms with E-state index < -0.39 is 0 Å². The summed E-state index contributed by atoms with van der Waals surface area (Å²) < 4.78 is 0. The fourth-order valence-corrected chi connectivity index (χ4v) is 3.83. The van der Waals surface area contributed by atoms with Crippen LogP contribution >= 0.6 is 22.9 Å². The van der Waals surface area contributed by atoms with Crippen LogP contribution in [0.5, 0.6) is 0 Å². The highest BCUT2D eigenvalue weighted by atomic mass is 35.5. The highest BCUT2D eigenvalue weighted by Gasteiger charge is 2.25. The van der Waals surface area contributed by atoms with Crippen molar-refractivity contribution in [3.05, 3.63) is 50.2 Å². The van der Waals surface area contributed by atoms with Crippen LogP contribution in [0.3, 0.4) is 0 Å². The summed E-state index contributed by atoms with van der Waals surface area (Å²) in [6.07, 6.45) is 0.448. The molecular formula is C15H15ClN2OS. The molecule has 3 rings (SSSR count). The Labute approximate surface area is 127 Å². The van der Waals surface area contributed by atoms with Crippen molar-refractivity contribution in [2.45, 2.75) is 19.4 Å². The van der Waals surface area contributed by atoms with E-state index >= 15 is 0 Å². The molecule has 0 bridgehead atoms. The molecule has 1 atom stereocenters. The van der Waals surface area contributed by atoms with Gasteiger partial charge >= 0.3 is 0 Å². The Hall–Kier alpha value is -1.36. The Balaban J connectivity index is 1.98. The van der Waals surface area contributed by atoms with Crippen molar-refractivity contribution in [3.8, 4) is 0 Å². The normalized spacial score (nSPS) is 15.6. The molecule has 3 nitrogen and oxygen atoms in total. The minimum absolute atomic E-state index is 0.121. The van der Waals surface area contributed by atoms with Gasteiger partial charge in [0.25, 0.3) is 0 Å². The summed E-state index contributed by atoms with van der Waals surface area (Å²) in [6, 6.07) is 5.72. The van der Waals surface area contributed by atoms with Gasteiger partial charge in [0.15, 0.2) is 0 Å². The Morgan fingerprint density at radius 1 is 1.45 bits per heavy atom. The largest absolute Gasteiger partial charge is 0.320 e. The SMILES string of the molecule is Cc1csc(C(N)c2ccc3c(c2)CC(=O)N3C)c1Cl. The smallest absolute Gasteiger partial charge is 0.231 e. The van der Waals surface area contributed by atoms with Gasteiger partial charge in [0.05, 0.1) is 17.5 Å². The Kier molecular flexibility index (Phi) is 3.32. The van der Waals surface area contributed by atoms with Crippen molar-refractivity contribution in [1.82, 2.24) is 0 Å². The molecule has 5 heteroatoms. The Morgan fingerprint density at radius 2 is 2.20 bits per heavy atom. The van der Waals surface area contributed by atoms with Gasteiger partial charge in [-0.05, 0) is 35.1 Å². The van der Waals surface area contributed by atoms with Crippen molar-refractivity contribution in [1.29, 1.82) is 0 Å². The molecule has 2 aromatic rings. The van der Waals surface area contributed by atoms with Gasteiger partial charge in [-0.2, -0.15) is 0 Å². The van der Waals surface area contributed by atoms with Crippen molar-refractivity contribution in [3.63, 3.8) is 0 Å². The first kappa shape index (κ1) is 13.6. The van der Waals surface area contributed by atoms with Crippen molar-refractivity contribution < 1.29 is 4.79 Å². The van der Waals surface area contributed by atoms with Crippen LogP contribution < -0.4 is 10.6 Å². The van der Waals surface area contributed by atoms with Crippen LogP contribution in [0.1, 0.15) is 27.6 Å². The van der Waals surface area contributed by atoms with E-state index in [1.54, 1.807) is 23.3 Å². The van der Waals surface area contributed by atoms with E-state index in [0.717, 1.165) is 32.3 Å². The topological polar surface area (TPSA) is 46.3 Å². The summed E-state index contributed by atoms with van der Waals surface area (Å²) in [5.74, 6) is 0.121. The standard InChI is InChI=1S/C15H15ClN2OS/c1-8-7-20-15(13(8)16)14(17)9-3-4-11-10(5-9)6-12(19)18(11)2/h3-5,7,14H,6,17H2,1-2H3. The number of hydrogen-bond donors (Lipinski definition) is 1. The summed E-state index contributed by atoms with van der Waals surface area (Å²) in [7, 11) is 1.80. The second-order valence-electron chi connectivity index (χ2n) is 5.09. The van der Waals surface area contributed by atoms with Gasteiger partial charge in [-0.25, -0.2) is 0 Å². The van der Waals surface area contributed by atoms with E-state index in [-0.39, 0.29) is 11.9 Å². The molecule has 104 valence electrons. The summed E-state index contributed by atoms with van der Waals surface area (Å²) in [4.78, 5) is 14.4. The fraction of sp³-hybridized carbons (Fsp3) is 0.267. The number of carbonyl (C=O) groups excluding carboxylic acids is 1. The van der Waals surface area contributed by atoms with E-state index in [1.807, 2.05) is 30.5 Å². The van der Waals surface area contributed by atoms with Crippen LogP contribution in [0, 0.1) is 6.92 Å². The van der Waals surface area contributed by atoms with Gasteiger partial charge < -0.3 is 10.6 Å². The lowest BCUT2D eigenvalue weighted by Gasteiger charge is -2.14. The van der Waals surface area contributed by atoms with Gasteiger partial charge in [0.2, 0.25) is 5.91 Å². The van der Waals surface area contributed by atoms with Crippen LogP contribution in [-0.4, -0.2) is 13.0 Å². The van der Waals surface area contributed by atoms with Gasteiger partial charge in [-0.1, -0.05) is 23.7 Å². The zero-order chi connectivity index (χ0) is 14.4. The summed E-state index contributed by atoms with van der Waals surface area (Å²) in [6.45, 7) is 1.98. The van der Waals surface area contributed by atoms with E-state index in [4.69, 9.17) is 17.3 Å². The molecule has 1 aliphatic rings. The number of halogens is 1. The van der Waals surface area contributed by atoms with E-state index in [1.165, 1.54) is 0 Å². The second kappa shape index (κ2) is 4.88. The van der Waals surface area contributed by atoms with Gasteiger partial charge in [-0.3, -0.25) is 4.79 Å². The molecule has 0 saturated heterocycles. The van der Waals surface area contributed by atoms with Gasteiger partial charge in [0, 0.05) is 17.6 Å². The number of rotatable bonds is 2. The molecule has 0 aliphatic carbocycles. The molecule has 1 aromatic carbocycles. The Morgan fingerprint density at radius 3 is 2.85 bits per heavy atom. The predicted octanol–water partition coefficient (Wildman–Crippen LogP) is 3.28. The minimum Gasteiger partial charge on any atom is -0.320 e. The number of thiophene rings is 1. The maximum Gasteiger partial charge on any atom is 0.231 e. The van der Waals surface area contributed by atoms with E-state index in [9.17, 15) is 4.79 Å². The number of nitrogens with two attached hydrogens (primary N) is 1. The second-order valence-corrected chi connectivity index (χ2v) is 6.38. The number of amides is 1. The number of fused-ring (bicyclic) bond motifs is 1. The number of nitrogens with zero attached hydrogens (tertiary/aromatic N) is 1. The van der Waals surface area contributed by atoms with Crippen molar-refractivity contribution in [2.24, 2.45) is 5.73 Å². The fourth-order valence-electron chi connectivity index (χ4n) is 2.49. The number of anilines is 1. The monoisotopic (exact) mass is 306 g/mol. The van der Waals surface area contributed by atoms with Crippen LogP contribution in [0.2, 0.25) is 5.02 Å². The van der Waals surface area contributed by atoms with Crippen molar-refractivity contribution >= 4 is 34.5 Å². The summed E-state index contributed by atoms with van der Waals surface area (Å²) in [5.41, 5.74) is 10.4. The molecular weight excluding hydrogens is 292 g/mol. The number of carbonyl (C=O) groups is 1. The molecule has 2 heterocycles. The molecule has 1 aliphatic heterocycles. The number of hydrogen-bond acceptors (Lipinski definition) is 3. The predicted molar refractivity (Wildman–Crippen MR) is 83.7 cm³/mol. The third-order valence-corrected chi connectivity index (χ3v) is 5.54. The highest BCUT2D eigenvalue weighted by Crippen LogP contribution is 2.36. The molecule has 0 spiro atoms. The first-order chi connectivity index (χ1) is 9.49. The third kappa shape index (κ3) is 2.04. The van der Waals surface area contributed by atoms with E-state index in [2.05, 4.69) is 0 Å². The van der Waals surface area contributed by atoms with Crippen LogP contribution in [0.25, 0.3) is 0 Å². The third-order valence-electron chi connectivity index (χ3n) is 3.75. The molecule has 0 saturated carbocycles. The first-order valence-corrected chi connectivity index (χ1v) is 7.63. The zero-order valence-corrected chi connectivity index (χ0v) is 12.9. The molecule has 2 N–H and O–H groups in total. The lowest BCUT2D eigenvalue weighted by molar-refractivity contribution is -0.117. The molecule has 1 amide bonds. The quantitative estimate of drug-likeness (QED) is 0.925. The van der Waals surface area contributed by atoms with Crippen molar-refractivity contribution in [2.75, 3.05) is 11.9 Å². The number of aryl methyl sites for hydroxylation is 1. The highest BCUT2D eigenvalue weighted by molar-refractivity contribution is 7.10. The average molecular weight is 307 g/mol. The maximum absolute atomic E-state index is 11.7. The molecule has 0 fully saturated rings. The molecule has 20 heavy (non-hydrogen) atoms. The maximum atomic E-state index is 11.7. The summed E-state index contributed by atoms with van der Waals surface area (Å²) in [5, 5.41) is 2.76. The Bertz CT molecular complexity index is 695. The van der Waals surface area contributed by atoms with Gasteiger partial charge in [-0.15, -0.1) is 11.3 Å². The molecule has 1 aromatic heterocycles. The summed E-state index contributed by atoms with van der Waals surface area (Å²) >= 11 is 7.86. The number of benzene rings is 1. The minimum atomic E-state index is -0.243. The lowest BCUT2D eigenvalue weighted by Crippen LogP contribution is -2.20. The molecule has 0 radical (unpaired) electrons. The van der Waals surface area contributed by atoms with Gasteiger partial charge in [0.1, 0.15) is 0 Å². The average Bonchev–Trinajstić information content (AvgIpc) is 2.91. The number of likely N-dealkylation sites (N-methyl/N-ethyl adjacent to an activating group) is 1. The van der Waals surface area contributed by atoms with E-state index in [0.29, 0.717) is 6.42 Å².